The van der Waals surface area contributed by atoms with Crippen LogP contribution in [0, 0.1) is 13.8 Å². The van der Waals surface area contributed by atoms with E-state index in [9.17, 15) is 0 Å². The second-order valence-electron chi connectivity index (χ2n) is 3.90. The van der Waals surface area contributed by atoms with Crippen LogP contribution in [0.5, 0.6) is 5.75 Å². The van der Waals surface area contributed by atoms with Crippen LogP contribution in [0.15, 0.2) is 28.9 Å². The van der Waals surface area contributed by atoms with Crippen LogP contribution >= 0.6 is 0 Å². The van der Waals surface area contributed by atoms with Gasteiger partial charge in [-0.25, -0.2) is 0 Å². The van der Waals surface area contributed by atoms with Crippen LogP contribution in [0.25, 0.3) is 0 Å². The largest absolute Gasteiger partial charge is 0.485 e. The number of ether oxygens (including phenoxy) is 1. The van der Waals surface area contributed by atoms with Gasteiger partial charge in [0.1, 0.15) is 18.1 Å². The molecule has 0 spiro atoms. The van der Waals surface area contributed by atoms with Crippen LogP contribution in [-0.4, -0.2) is 4.98 Å². The molecule has 4 heteroatoms. The Morgan fingerprint density at radius 1 is 1.41 bits per heavy atom. The molecule has 2 N–H and O–H groups in total. The highest BCUT2D eigenvalue weighted by Gasteiger charge is 2.09. The number of nitrogens with two attached hydrogens (primary N) is 1. The average Bonchev–Trinajstić information content (AvgIpc) is 2.78. The Bertz CT molecular complexity index is 492. The van der Waals surface area contributed by atoms with E-state index in [1.165, 1.54) is 0 Å². The summed E-state index contributed by atoms with van der Waals surface area (Å²) in [6.45, 7) is 4.71. The lowest BCUT2D eigenvalue weighted by Crippen LogP contribution is -2.06. The second kappa shape index (κ2) is 5.01. The van der Waals surface area contributed by atoms with Gasteiger partial charge in [0.25, 0.3) is 0 Å². The van der Waals surface area contributed by atoms with Crippen molar-refractivity contribution in [3.63, 3.8) is 0 Å². The maximum absolute atomic E-state index is 5.72. The molecule has 0 radical (unpaired) electrons. The molecule has 2 aromatic heterocycles. The normalized spacial score (nSPS) is 10.5. The van der Waals surface area contributed by atoms with Crippen LogP contribution in [0.3, 0.4) is 0 Å². The fourth-order valence-electron chi connectivity index (χ4n) is 1.74. The zero-order valence-electron chi connectivity index (χ0n) is 10.1. The molecule has 0 amide bonds. The third kappa shape index (κ3) is 2.65. The number of rotatable bonds is 4. The molecule has 0 fully saturated rings. The first-order valence-corrected chi connectivity index (χ1v) is 5.53. The Hall–Kier alpha value is -1.81. The van der Waals surface area contributed by atoms with E-state index in [2.05, 4.69) is 4.98 Å². The number of hydrogen-bond donors (Lipinski definition) is 1. The van der Waals surface area contributed by atoms with Crippen molar-refractivity contribution in [2.24, 2.45) is 5.73 Å². The van der Waals surface area contributed by atoms with Gasteiger partial charge in [-0.2, -0.15) is 0 Å². The van der Waals surface area contributed by atoms with Crippen LogP contribution in [-0.2, 0) is 13.2 Å². The van der Waals surface area contributed by atoms with Gasteiger partial charge in [0.05, 0.1) is 6.26 Å². The molecule has 90 valence electrons. The van der Waals surface area contributed by atoms with Crippen molar-refractivity contribution in [2.75, 3.05) is 0 Å². The zero-order valence-corrected chi connectivity index (χ0v) is 10.1. The van der Waals surface area contributed by atoms with Crippen LogP contribution < -0.4 is 10.5 Å². The minimum absolute atomic E-state index is 0.406. The van der Waals surface area contributed by atoms with E-state index in [1.807, 2.05) is 32.0 Å². The van der Waals surface area contributed by atoms with Gasteiger partial charge in [-0.05, 0) is 26.0 Å². The third-order valence-corrected chi connectivity index (χ3v) is 2.57. The van der Waals surface area contributed by atoms with Gasteiger partial charge in [-0.1, -0.05) is 0 Å². The van der Waals surface area contributed by atoms with Crippen molar-refractivity contribution in [3.8, 4) is 5.75 Å². The molecule has 0 unspecified atom stereocenters. The number of hydrogen-bond acceptors (Lipinski definition) is 4. The van der Waals surface area contributed by atoms with E-state index in [-0.39, 0.29) is 0 Å². The van der Waals surface area contributed by atoms with Gasteiger partial charge in [-0.3, -0.25) is 4.98 Å². The Labute approximate surface area is 100 Å². The molecule has 2 aromatic rings. The van der Waals surface area contributed by atoms with Crippen molar-refractivity contribution < 1.29 is 9.15 Å². The quantitative estimate of drug-likeness (QED) is 0.878. The molecular formula is C13H16N2O2. The highest BCUT2D eigenvalue weighted by atomic mass is 16.5. The highest BCUT2D eigenvalue weighted by Crippen LogP contribution is 2.22. The highest BCUT2D eigenvalue weighted by molar-refractivity contribution is 5.37. The number of furan rings is 1. The van der Waals surface area contributed by atoms with E-state index in [1.54, 1.807) is 6.26 Å². The van der Waals surface area contributed by atoms with E-state index >= 15 is 0 Å². The smallest absolute Gasteiger partial charge is 0.146 e. The second-order valence-corrected chi connectivity index (χ2v) is 3.90. The van der Waals surface area contributed by atoms with Gasteiger partial charge in [-0.15, -0.1) is 0 Å². The van der Waals surface area contributed by atoms with Crippen LogP contribution in [0.1, 0.15) is 22.7 Å². The fraction of sp³-hybridized carbons (Fsp3) is 0.308. The summed E-state index contributed by atoms with van der Waals surface area (Å²) in [5, 5.41) is 0. The molecule has 0 aromatic carbocycles. The van der Waals surface area contributed by atoms with Crippen molar-refractivity contribution in [1.82, 2.24) is 4.98 Å². The summed E-state index contributed by atoms with van der Waals surface area (Å²) in [6, 6.07) is 5.62. The molecule has 0 bridgehead atoms. The van der Waals surface area contributed by atoms with E-state index in [0.29, 0.717) is 13.2 Å². The van der Waals surface area contributed by atoms with E-state index in [0.717, 1.165) is 28.5 Å². The summed E-state index contributed by atoms with van der Waals surface area (Å²) in [7, 11) is 0. The van der Waals surface area contributed by atoms with E-state index in [4.69, 9.17) is 14.9 Å². The first-order valence-electron chi connectivity index (χ1n) is 5.53. The van der Waals surface area contributed by atoms with Gasteiger partial charge in [0, 0.05) is 29.6 Å². The summed E-state index contributed by atoms with van der Waals surface area (Å²) >= 11 is 0. The summed E-state index contributed by atoms with van der Waals surface area (Å²) in [5.41, 5.74) is 8.50. The zero-order chi connectivity index (χ0) is 12.3. The molecule has 4 nitrogen and oxygen atoms in total. The first kappa shape index (κ1) is 11.7. The number of nitrogens with zero attached hydrogens (tertiary/aromatic N) is 1. The van der Waals surface area contributed by atoms with Crippen LogP contribution in [0.2, 0.25) is 0 Å². The van der Waals surface area contributed by atoms with Gasteiger partial charge >= 0.3 is 0 Å². The van der Waals surface area contributed by atoms with Crippen molar-refractivity contribution in [3.05, 3.63) is 47.2 Å². The fourth-order valence-corrected chi connectivity index (χ4v) is 1.74. The lowest BCUT2D eigenvalue weighted by Gasteiger charge is -2.12. The van der Waals surface area contributed by atoms with Crippen LogP contribution in [0.4, 0.5) is 0 Å². The average molecular weight is 232 g/mol. The monoisotopic (exact) mass is 232 g/mol. The van der Waals surface area contributed by atoms with Gasteiger partial charge in [0.15, 0.2) is 0 Å². The Balaban J connectivity index is 2.19. The lowest BCUT2D eigenvalue weighted by atomic mass is 10.1. The molecule has 0 aliphatic carbocycles. The molecule has 0 atom stereocenters. The Kier molecular flexibility index (Phi) is 3.44. The molecule has 0 saturated heterocycles. The summed E-state index contributed by atoms with van der Waals surface area (Å²) in [6.07, 6.45) is 1.63. The molecule has 0 aliphatic rings. The predicted octanol–water partition coefficient (Wildman–Crippen LogP) is 2.33. The molecule has 2 heterocycles. The maximum Gasteiger partial charge on any atom is 0.146 e. The number of aryl methyl sites for hydroxylation is 2. The molecule has 0 saturated carbocycles. The van der Waals surface area contributed by atoms with Gasteiger partial charge in [0.2, 0.25) is 0 Å². The lowest BCUT2D eigenvalue weighted by molar-refractivity contribution is 0.267. The SMILES string of the molecule is Cc1cc(OCc2ccco2)c(CN)c(C)n1. The number of pyridine rings is 1. The summed E-state index contributed by atoms with van der Waals surface area (Å²) < 4.78 is 10.9. The van der Waals surface area contributed by atoms with Crippen molar-refractivity contribution >= 4 is 0 Å². The minimum Gasteiger partial charge on any atom is -0.485 e. The van der Waals surface area contributed by atoms with Gasteiger partial charge < -0.3 is 14.9 Å². The standard InChI is InChI=1S/C13H16N2O2/c1-9-6-13(12(7-14)10(2)15-9)17-8-11-4-3-5-16-11/h3-6H,7-8,14H2,1-2H3. The molecule has 0 aliphatic heterocycles. The Morgan fingerprint density at radius 3 is 2.88 bits per heavy atom. The summed E-state index contributed by atoms with van der Waals surface area (Å²) in [5.74, 6) is 1.58. The van der Waals surface area contributed by atoms with Crippen molar-refractivity contribution in [1.29, 1.82) is 0 Å². The first-order chi connectivity index (χ1) is 8.20. The third-order valence-electron chi connectivity index (χ3n) is 2.57. The molecule has 2 rings (SSSR count). The topological polar surface area (TPSA) is 61.3 Å². The molecule has 17 heavy (non-hydrogen) atoms. The predicted molar refractivity (Wildman–Crippen MR) is 64.6 cm³/mol. The number of aromatic nitrogens is 1. The maximum atomic E-state index is 5.72. The van der Waals surface area contributed by atoms with E-state index < -0.39 is 0 Å². The summed E-state index contributed by atoms with van der Waals surface area (Å²) in [4.78, 5) is 4.37. The minimum atomic E-state index is 0.406. The molecular weight excluding hydrogens is 216 g/mol. The van der Waals surface area contributed by atoms with Crippen molar-refractivity contribution in [2.45, 2.75) is 27.0 Å². The Morgan fingerprint density at radius 2 is 2.24 bits per heavy atom.